The summed E-state index contributed by atoms with van der Waals surface area (Å²) in [7, 11) is 0. The summed E-state index contributed by atoms with van der Waals surface area (Å²) in [4.78, 5) is 42.9. The number of rotatable bonds is 3. The molecule has 1 aromatic carbocycles. The lowest BCUT2D eigenvalue weighted by atomic mass is 9.92. The van der Waals surface area contributed by atoms with Crippen molar-refractivity contribution in [3.05, 3.63) is 29.8 Å². The lowest BCUT2D eigenvalue weighted by molar-refractivity contribution is -0.141. The van der Waals surface area contributed by atoms with Crippen LogP contribution in [0, 0.1) is 24.7 Å². The van der Waals surface area contributed by atoms with Gasteiger partial charge in [-0.2, -0.15) is 0 Å². The number of nitrogens with one attached hydrogen (secondary N) is 1. The van der Waals surface area contributed by atoms with Crippen LogP contribution in [0.5, 0.6) is 0 Å². The minimum Gasteiger partial charge on any atom is -0.277 e. The molecule has 4 amide bonds. The first-order valence-electron chi connectivity index (χ1n) is 8.82. The van der Waals surface area contributed by atoms with E-state index in [9.17, 15) is 14.4 Å². The number of benzene rings is 1. The molecule has 25 heavy (non-hydrogen) atoms. The van der Waals surface area contributed by atoms with Gasteiger partial charge in [0.1, 0.15) is 0 Å². The molecule has 0 aromatic heterocycles. The van der Waals surface area contributed by atoms with E-state index in [0.29, 0.717) is 17.5 Å². The predicted molar refractivity (Wildman–Crippen MR) is 92.4 cm³/mol. The maximum Gasteiger partial charge on any atom is 0.331 e. The van der Waals surface area contributed by atoms with E-state index in [-0.39, 0.29) is 6.04 Å². The molecule has 0 spiro atoms. The molecule has 0 unspecified atom stereocenters. The minimum absolute atomic E-state index is 0.0753. The van der Waals surface area contributed by atoms with E-state index in [2.05, 4.69) is 10.3 Å². The Morgan fingerprint density at radius 3 is 2.64 bits per heavy atom. The molecular formula is C19H21N3O3. The van der Waals surface area contributed by atoms with E-state index in [1.165, 1.54) is 17.5 Å². The molecule has 1 aromatic rings. The normalized spacial score (nSPS) is 31.9. The van der Waals surface area contributed by atoms with Crippen molar-refractivity contribution in [2.24, 2.45) is 22.7 Å². The van der Waals surface area contributed by atoms with Crippen LogP contribution in [0.4, 0.5) is 10.5 Å². The fraction of sp³-hybridized carbons (Fsp3) is 0.474. The van der Waals surface area contributed by atoms with E-state index in [0.717, 1.165) is 24.8 Å². The van der Waals surface area contributed by atoms with Gasteiger partial charge in [0.05, 0.1) is 5.69 Å². The summed E-state index contributed by atoms with van der Waals surface area (Å²) in [6, 6.07) is 6.86. The molecule has 2 saturated carbocycles. The lowest BCUT2D eigenvalue weighted by Gasteiger charge is -2.36. The molecule has 2 aliphatic carbocycles. The molecule has 2 bridgehead atoms. The third-order valence-electron chi connectivity index (χ3n) is 5.75. The highest BCUT2D eigenvalue weighted by atomic mass is 16.2. The number of barbiturate groups is 1. The Balaban J connectivity index is 1.57. The fourth-order valence-corrected chi connectivity index (χ4v) is 4.44. The van der Waals surface area contributed by atoms with Crippen LogP contribution in [0.2, 0.25) is 0 Å². The number of hydrogen-bond acceptors (Lipinski definition) is 4. The Kier molecular flexibility index (Phi) is 3.90. The average Bonchev–Trinajstić information content (AvgIpc) is 3.19. The van der Waals surface area contributed by atoms with Crippen LogP contribution < -0.4 is 5.32 Å². The zero-order valence-electron chi connectivity index (χ0n) is 14.1. The number of imide groups is 2. The minimum atomic E-state index is -1.04. The predicted octanol–water partition coefficient (Wildman–Crippen LogP) is 2.58. The van der Waals surface area contributed by atoms with Crippen LogP contribution in [0.3, 0.4) is 0 Å². The van der Waals surface area contributed by atoms with Crippen molar-refractivity contribution < 1.29 is 14.4 Å². The van der Waals surface area contributed by atoms with Gasteiger partial charge in [0, 0.05) is 12.3 Å². The number of para-hydroxylation sites is 1. The summed E-state index contributed by atoms with van der Waals surface area (Å²) in [5.41, 5.74) is 1.68. The van der Waals surface area contributed by atoms with E-state index in [4.69, 9.17) is 0 Å². The first-order valence-corrected chi connectivity index (χ1v) is 8.82. The topological polar surface area (TPSA) is 78.8 Å². The van der Waals surface area contributed by atoms with Gasteiger partial charge >= 0.3 is 6.03 Å². The lowest BCUT2D eigenvalue weighted by Crippen LogP contribution is -2.62. The number of fused-ring (bicyclic) bond motifs is 2. The Labute approximate surface area is 146 Å². The van der Waals surface area contributed by atoms with Crippen LogP contribution >= 0.6 is 0 Å². The van der Waals surface area contributed by atoms with Gasteiger partial charge in [-0.3, -0.25) is 24.8 Å². The van der Waals surface area contributed by atoms with Crippen molar-refractivity contribution in [2.45, 2.75) is 38.6 Å². The van der Waals surface area contributed by atoms with Gasteiger partial charge in [-0.05, 0) is 49.7 Å². The molecular weight excluding hydrogens is 318 g/mol. The molecule has 1 heterocycles. The largest absolute Gasteiger partial charge is 0.331 e. The van der Waals surface area contributed by atoms with Gasteiger partial charge in [-0.25, -0.2) is 4.79 Å². The summed E-state index contributed by atoms with van der Waals surface area (Å²) in [5.74, 6) is -1.10. The number of urea groups is 1. The molecule has 1 saturated heterocycles. The van der Waals surface area contributed by atoms with Crippen LogP contribution in [0.15, 0.2) is 29.3 Å². The highest BCUT2D eigenvalue weighted by Gasteiger charge is 2.50. The van der Waals surface area contributed by atoms with Gasteiger partial charge < -0.3 is 0 Å². The highest BCUT2D eigenvalue weighted by molar-refractivity contribution is 6.23. The number of amides is 4. The van der Waals surface area contributed by atoms with E-state index in [1.54, 1.807) is 0 Å². The summed E-state index contributed by atoms with van der Waals surface area (Å²) >= 11 is 0. The van der Waals surface area contributed by atoms with Crippen molar-refractivity contribution >= 4 is 29.7 Å². The van der Waals surface area contributed by atoms with Gasteiger partial charge in [0.2, 0.25) is 11.8 Å². The number of carbonyl (C=O) groups excluding carboxylic acids is 3. The van der Waals surface area contributed by atoms with E-state index in [1.807, 2.05) is 31.2 Å². The maximum atomic E-state index is 12.9. The van der Waals surface area contributed by atoms with Gasteiger partial charge in [-0.15, -0.1) is 0 Å². The van der Waals surface area contributed by atoms with Gasteiger partial charge in [0.25, 0.3) is 0 Å². The molecule has 130 valence electrons. The molecule has 0 radical (unpaired) electrons. The van der Waals surface area contributed by atoms with Crippen LogP contribution in [0.25, 0.3) is 0 Å². The molecule has 6 nitrogen and oxygen atoms in total. The monoisotopic (exact) mass is 339 g/mol. The number of carbonyl (C=O) groups is 3. The summed E-state index contributed by atoms with van der Waals surface area (Å²) in [6.45, 7) is 1.92. The van der Waals surface area contributed by atoms with E-state index < -0.39 is 23.8 Å². The fourth-order valence-electron chi connectivity index (χ4n) is 4.44. The Morgan fingerprint density at radius 2 is 1.96 bits per heavy atom. The number of aryl methyl sites for hydroxylation is 1. The molecule has 4 atom stereocenters. The first-order chi connectivity index (χ1) is 12.0. The van der Waals surface area contributed by atoms with Gasteiger partial charge in [-0.1, -0.05) is 24.6 Å². The molecule has 3 aliphatic rings. The Morgan fingerprint density at radius 1 is 1.16 bits per heavy atom. The first kappa shape index (κ1) is 16.0. The molecule has 6 heteroatoms. The molecule has 3 fully saturated rings. The van der Waals surface area contributed by atoms with Crippen molar-refractivity contribution in [3.8, 4) is 0 Å². The van der Waals surface area contributed by atoms with Crippen molar-refractivity contribution in [2.75, 3.05) is 0 Å². The zero-order chi connectivity index (χ0) is 17.6. The third kappa shape index (κ3) is 2.75. The SMILES string of the molecule is Cc1ccccc1N=C[C@@H]1C(=O)NC(=O)N([C@H]2C[C@H]3CC[C@H]2C3)C1=O. The van der Waals surface area contributed by atoms with Crippen LogP contribution in [0.1, 0.15) is 31.2 Å². The maximum absolute atomic E-state index is 12.9. The van der Waals surface area contributed by atoms with E-state index >= 15 is 0 Å². The van der Waals surface area contributed by atoms with Gasteiger partial charge in [0.15, 0.2) is 5.92 Å². The van der Waals surface area contributed by atoms with Crippen LogP contribution in [-0.2, 0) is 9.59 Å². The van der Waals surface area contributed by atoms with Crippen molar-refractivity contribution in [1.82, 2.24) is 10.2 Å². The number of aliphatic imine (C=N–C) groups is 1. The zero-order valence-corrected chi connectivity index (χ0v) is 14.1. The third-order valence-corrected chi connectivity index (χ3v) is 5.75. The van der Waals surface area contributed by atoms with Crippen LogP contribution in [-0.4, -0.2) is 35.0 Å². The summed E-state index contributed by atoms with van der Waals surface area (Å²) in [6.07, 6.45) is 5.55. The average molecular weight is 339 g/mol. The molecule has 1 N–H and O–H groups in total. The quantitative estimate of drug-likeness (QED) is 0.679. The Hall–Kier alpha value is -2.50. The highest BCUT2D eigenvalue weighted by Crippen LogP contribution is 2.47. The number of hydrogen-bond donors (Lipinski definition) is 1. The smallest absolute Gasteiger partial charge is 0.277 e. The van der Waals surface area contributed by atoms with Crippen molar-refractivity contribution in [1.29, 1.82) is 0 Å². The molecule has 4 rings (SSSR count). The Bertz CT molecular complexity index is 773. The number of nitrogens with zero attached hydrogens (tertiary/aromatic N) is 2. The standard InChI is InChI=1S/C19H21N3O3/c1-11-4-2-3-5-15(11)20-10-14-17(23)21-19(25)22(18(14)24)16-9-12-6-7-13(16)8-12/h2-5,10,12-14,16H,6-9H2,1H3,(H,21,23,25)/t12-,13-,14+,16-/m0/s1. The second-order valence-corrected chi connectivity index (χ2v) is 7.29. The summed E-state index contributed by atoms with van der Waals surface area (Å²) < 4.78 is 0. The summed E-state index contributed by atoms with van der Waals surface area (Å²) in [5, 5.41) is 2.33. The second-order valence-electron chi connectivity index (χ2n) is 7.29. The van der Waals surface area contributed by atoms with Crippen molar-refractivity contribution in [3.63, 3.8) is 0 Å². The second kappa shape index (κ2) is 6.10. The molecule has 1 aliphatic heterocycles.